The minimum absolute atomic E-state index is 0. The molecule has 2 aromatic heterocycles. The Morgan fingerprint density at radius 1 is 1.41 bits per heavy atom. The number of hydrogen-bond acceptors (Lipinski definition) is 3. The van der Waals surface area contributed by atoms with Crippen molar-refractivity contribution in [1.82, 2.24) is 19.7 Å². The maximum atomic E-state index is 4.26. The molecule has 0 bridgehead atoms. The van der Waals surface area contributed by atoms with E-state index in [9.17, 15) is 0 Å². The molecule has 1 fully saturated rings. The van der Waals surface area contributed by atoms with Crippen LogP contribution in [0.25, 0.3) is 5.65 Å². The highest BCUT2D eigenvalue weighted by Crippen LogP contribution is 2.16. The summed E-state index contributed by atoms with van der Waals surface area (Å²) in [7, 11) is 0. The summed E-state index contributed by atoms with van der Waals surface area (Å²) < 4.78 is 2.14. The Labute approximate surface area is 107 Å². The van der Waals surface area contributed by atoms with Crippen LogP contribution >= 0.6 is 12.4 Å². The van der Waals surface area contributed by atoms with Gasteiger partial charge < -0.3 is 9.72 Å². The number of hydrogen-bond donors (Lipinski definition) is 1. The lowest BCUT2D eigenvalue weighted by Gasteiger charge is -2.22. The molecule has 1 aliphatic heterocycles. The van der Waals surface area contributed by atoms with Gasteiger partial charge in [-0.15, -0.1) is 12.4 Å². The maximum absolute atomic E-state index is 4.26. The molecule has 3 rings (SSSR count). The fourth-order valence-corrected chi connectivity index (χ4v) is 2.45. The van der Waals surface area contributed by atoms with E-state index in [-0.39, 0.29) is 12.4 Å². The van der Waals surface area contributed by atoms with Gasteiger partial charge in [0.15, 0.2) is 5.65 Å². The summed E-state index contributed by atoms with van der Waals surface area (Å²) in [6.07, 6.45) is 11.3. The van der Waals surface area contributed by atoms with Crippen molar-refractivity contribution in [3.63, 3.8) is 0 Å². The lowest BCUT2D eigenvalue weighted by Crippen LogP contribution is -2.31. The average molecular weight is 253 g/mol. The number of nitrogens with one attached hydrogen (secondary N) is 1. The molecule has 3 heterocycles. The first kappa shape index (κ1) is 12.3. The van der Waals surface area contributed by atoms with E-state index in [2.05, 4.69) is 19.7 Å². The third-order valence-electron chi connectivity index (χ3n) is 3.29. The highest BCUT2D eigenvalue weighted by molar-refractivity contribution is 5.85. The van der Waals surface area contributed by atoms with Gasteiger partial charge in [0.1, 0.15) is 0 Å². The zero-order valence-electron chi connectivity index (χ0n) is 9.67. The molecule has 0 radical (unpaired) electrons. The van der Waals surface area contributed by atoms with Crippen LogP contribution in [0.1, 0.15) is 18.5 Å². The van der Waals surface area contributed by atoms with Gasteiger partial charge in [0.25, 0.3) is 0 Å². The SMILES string of the molecule is Cl.c1cn2c(CC3CCCNC3)cncc2n1. The normalized spacial score (nSPS) is 20.1. The Balaban J connectivity index is 0.00000108. The van der Waals surface area contributed by atoms with Crippen LogP contribution in [-0.4, -0.2) is 27.5 Å². The summed E-state index contributed by atoms with van der Waals surface area (Å²) in [4.78, 5) is 8.50. The second-order valence-electron chi connectivity index (χ2n) is 4.47. The Kier molecular flexibility index (Phi) is 3.97. The Bertz CT molecular complexity index is 476. The van der Waals surface area contributed by atoms with Crippen molar-refractivity contribution in [2.24, 2.45) is 5.92 Å². The largest absolute Gasteiger partial charge is 0.316 e. The van der Waals surface area contributed by atoms with Crippen LogP contribution in [0.4, 0.5) is 0 Å². The van der Waals surface area contributed by atoms with E-state index in [1.165, 1.54) is 25.1 Å². The summed E-state index contributed by atoms with van der Waals surface area (Å²) in [6.45, 7) is 2.30. The molecule has 0 aromatic carbocycles. The fourth-order valence-electron chi connectivity index (χ4n) is 2.45. The van der Waals surface area contributed by atoms with E-state index in [1.54, 1.807) is 0 Å². The van der Waals surface area contributed by atoms with E-state index in [4.69, 9.17) is 0 Å². The summed E-state index contributed by atoms with van der Waals surface area (Å²) in [5, 5.41) is 3.45. The summed E-state index contributed by atoms with van der Waals surface area (Å²) in [5.41, 5.74) is 2.21. The first-order valence-electron chi connectivity index (χ1n) is 5.90. The van der Waals surface area contributed by atoms with Gasteiger partial charge in [0.2, 0.25) is 0 Å². The van der Waals surface area contributed by atoms with Crippen LogP contribution in [0.15, 0.2) is 24.8 Å². The molecule has 0 saturated carbocycles. The van der Waals surface area contributed by atoms with Crippen LogP contribution in [-0.2, 0) is 6.42 Å². The van der Waals surface area contributed by atoms with Gasteiger partial charge in [0, 0.05) is 24.3 Å². The monoisotopic (exact) mass is 252 g/mol. The molecule has 17 heavy (non-hydrogen) atoms. The number of fused-ring (bicyclic) bond motifs is 1. The third kappa shape index (κ3) is 2.58. The second kappa shape index (κ2) is 5.47. The van der Waals surface area contributed by atoms with E-state index >= 15 is 0 Å². The molecule has 5 heteroatoms. The van der Waals surface area contributed by atoms with Gasteiger partial charge in [0.05, 0.1) is 6.20 Å². The summed E-state index contributed by atoms with van der Waals surface area (Å²) in [5.74, 6) is 0.739. The average Bonchev–Trinajstić information content (AvgIpc) is 2.80. The quantitative estimate of drug-likeness (QED) is 0.885. The van der Waals surface area contributed by atoms with Crippen LogP contribution < -0.4 is 5.32 Å². The molecule has 92 valence electrons. The van der Waals surface area contributed by atoms with Crippen LogP contribution in [0.3, 0.4) is 0 Å². The van der Waals surface area contributed by atoms with Crippen molar-refractivity contribution >= 4 is 18.1 Å². The molecule has 1 N–H and O–H groups in total. The standard InChI is InChI=1S/C12H16N4.ClH/c1-2-10(7-13-3-1)6-11-8-14-9-12-15-4-5-16(11)12;/h4-5,8-10,13H,1-3,6-7H2;1H. The van der Waals surface area contributed by atoms with Crippen molar-refractivity contribution in [1.29, 1.82) is 0 Å². The van der Waals surface area contributed by atoms with Crippen LogP contribution in [0.5, 0.6) is 0 Å². The number of rotatable bonds is 2. The molecule has 1 aliphatic rings. The lowest BCUT2D eigenvalue weighted by molar-refractivity contribution is 0.372. The van der Waals surface area contributed by atoms with Gasteiger partial charge >= 0.3 is 0 Å². The molecular formula is C12H17ClN4. The Hall–Kier alpha value is -1.13. The molecular weight excluding hydrogens is 236 g/mol. The van der Waals surface area contributed by atoms with Crippen molar-refractivity contribution < 1.29 is 0 Å². The summed E-state index contributed by atoms with van der Waals surface area (Å²) >= 11 is 0. The van der Waals surface area contributed by atoms with Gasteiger partial charge in [-0.3, -0.25) is 4.98 Å². The van der Waals surface area contributed by atoms with Crippen LogP contribution in [0, 0.1) is 5.92 Å². The number of aromatic nitrogens is 3. The molecule has 0 aliphatic carbocycles. The van der Waals surface area contributed by atoms with Gasteiger partial charge in [-0.2, -0.15) is 0 Å². The van der Waals surface area contributed by atoms with E-state index < -0.39 is 0 Å². The molecule has 1 atom stereocenters. The minimum atomic E-state index is 0. The number of piperidine rings is 1. The summed E-state index contributed by atoms with van der Waals surface area (Å²) in [6, 6.07) is 0. The highest BCUT2D eigenvalue weighted by atomic mass is 35.5. The Morgan fingerprint density at radius 2 is 2.35 bits per heavy atom. The molecule has 0 amide bonds. The molecule has 4 nitrogen and oxygen atoms in total. The number of imidazole rings is 1. The molecule has 1 saturated heterocycles. The minimum Gasteiger partial charge on any atom is -0.316 e. The van der Waals surface area contributed by atoms with Crippen molar-refractivity contribution in [3.8, 4) is 0 Å². The first-order valence-corrected chi connectivity index (χ1v) is 5.90. The third-order valence-corrected chi connectivity index (χ3v) is 3.29. The lowest BCUT2D eigenvalue weighted by atomic mass is 9.95. The maximum Gasteiger partial charge on any atom is 0.155 e. The number of nitrogens with zero attached hydrogens (tertiary/aromatic N) is 3. The van der Waals surface area contributed by atoms with Gasteiger partial charge in [-0.1, -0.05) is 0 Å². The molecule has 1 unspecified atom stereocenters. The second-order valence-corrected chi connectivity index (χ2v) is 4.47. The van der Waals surface area contributed by atoms with Gasteiger partial charge in [-0.05, 0) is 38.3 Å². The zero-order chi connectivity index (χ0) is 10.8. The predicted molar refractivity (Wildman–Crippen MR) is 69.5 cm³/mol. The fraction of sp³-hybridized carbons (Fsp3) is 0.500. The highest BCUT2D eigenvalue weighted by Gasteiger charge is 2.14. The van der Waals surface area contributed by atoms with Crippen LogP contribution in [0.2, 0.25) is 0 Å². The van der Waals surface area contributed by atoms with E-state index in [1.807, 2.05) is 24.8 Å². The first-order chi connectivity index (χ1) is 7.93. The topological polar surface area (TPSA) is 42.2 Å². The smallest absolute Gasteiger partial charge is 0.155 e. The Morgan fingerprint density at radius 3 is 3.18 bits per heavy atom. The predicted octanol–water partition coefficient (Wildman–Crippen LogP) is 1.69. The zero-order valence-corrected chi connectivity index (χ0v) is 10.5. The van der Waals surface area contributed by atoms with E-state index in [0.29, 0.717) is 0 Å². The van der Waals surface area contributed by atoms with Crippen molar-refractivity contribution in [2.75, 3.05) is 13.1 Å². The van der Waals surface area contributed by atoms with Gasteiger partial charge in [-0.25, -0.2) is 4.98 Å². The number of halogens is 1. The van der Waals surface area contributed by atoms with E-state index in [0.717, 1.165) is 24.5 Å². The van der Waals surface area contributed by atoms with Crippen molar-refractivity contribution in [2.45, 2.75) is 19.3 Å². The molecule has 0 spiro atoms. The van der Waals surface area contributed by atoms with Crippen molar-refractivity contribution in [3.05, 3.63) is 30.5 Å². The molecule has 2 aromatic rings.